The molecule has 20 heavy (non-hydrogen) atoms. The fourth-order valence-electron chi connectivity index (χ4n) is 2.02. The zero-order chi connectivity index (χ0) is 14.2. The number of H-pyrrole nitrogens is 1. The van der Waals surface area contributed by atoms with Gasteiger partial charge in [-0.25, -0.2) is 8.42 Å². The largest absolute Gasteiger partial charge is 0.361 e. The molecule has 0 amide bonds. The van der Waals surface area contributed by atoms with Crippen molar-refractivity contribution in [3.8, 4) is 0 Å². The smallest absolute Gasteiger partial charge is 0.261 e. The molecule has 0 unspecified atom stereocenters. The van der Waals surface area contributed by atoms with Gasteiger partial charge in [-0.1, -0.05) is 34.1 Å². The maximum atomic E-state index is 12.3. The molecule has 0 saturated heterocycles. The van der Waals surface area contributed by atoms with Crippen molar-refractivity contribution in [3.63, 3.8) is 0 Å². The zero-order valence-electron chi connectivity index (χ0n) is 10.3. The van der Waals surface area contributed by atoms with Crippen LogP contribution in [0.3, 0.4) is 0 Å². The Morgan fingerprint density at radius 3 is 2.55 bits per heavy atom. The lowest BCUT2D eigenvalue weighted by molar-refractivity contribution is 0.601. The highest BCUT2D eigenvalue weighted by atomic mass is 79.9. The summed E-state index contributed by atoms with van der Waals surface area (Å²) in [7, 11) is -3.58. The Bertz CT molecular complexity index is 857. The fraction of sp³-hybridized carbons (Fsp3) is 0. The van der Waals surface area contributed by atoms with Crippen LogP contribution in [0, 0.1) is 0 Å². The van der Waals surface area contributed by atoms with Gasteiger partial charge in [0.05, 0.1) is 10.6 Å². The van der Waals surface area contributed by atoms with Crippen molar-refractivity contribution in [2.24, 2.45) is 0 Å². The van der Waals surface area contributed by atoms with Gasteiger partial charge in [0.1, 0.15) is 0 Å². The summed E-state index contributed by atoms with van der Waals surface area (Å²) in [6.07, 6.45) is 1.78. The Balaban J connectivity index is 2.07. The molecule has 0 bridgehead atoms. The summed E-state index contributed by atoms with van der Waals surface area (Å²) in [6, 6.07) is 13.8. The van der Waals surface area contributed by atoms with Crippen molar-refractivity contribution in [3.05, 3.63) is 59.2 Å². The highest BCUT2D eigenvalue weighted by Gasteiger charge is 2.15. The van der Waals surface area contributed by atoms with E-state index in [2.05, 4.69) is 25.6 Å². The topological polar surface area (TPSA) is 62.0 Å². The van der Waals surface area contributed by atoms with E-state index in [0.29, 0.717) is 5.69 Å². The van der Waals surface area contributed by atoms with E-state index in [1.165, 1.54) is 0 Å². The molecule has 2 N–H and O–H groups in total. The Hall–Kier alpha value is -1.79. The van der Waals surface area contributed by atoms with Gasteiger partial charge in [0.15, 0.2) is 0 Å². The molecule has 0 aliphatic rings. The third-order valence-electron chi connectivity index (χ3n) is 2.93. The summed E-state index contributed by atoms with van der Waals surface area (Å²) in [6.45, 7) is 0. The van der Waals surface area contributed by atoms with Crippen LogP contribution in [0.1, 0.15) is 0 Å². The summed E-state index contributed by atoms with van der Waals surface area (Å²) in [5, 5.41) is 0.827. The summed E-state index contributed by atoms with van der Waals surface area (Å²) in [5.74, 6) is 0. The normalized spacial score (nSPS) is 11.7. The molecule has 4 nitrogen and oxygen atoms in total. The number of hydrogen-bond acceptors (Lipinski definition) is 2. The first-order chi connectivity index (χ1) is 9.56. The lowest BCUT2D eigenvalue weighted by Crippen LogP contribution is -2.12. The van der Waals surface area contributed by atoms with Crippen LogP contribution in [-0.4, -0.2) is 13.4 Å². The van der Waals surface area contributed by atoms with Crippen LogP contribution in [0.15, 0.2) is 64.1 Å². The second-order valence-corrected chi connectivity index (χ2v) is 6.91. The van der Waals surface area contributed by atoms with Gasteiger partial charge in [0.25, 0.3) is 10.0 Å². The van der Waals surface area contributed by atoms with Gasteiger partial charge in [0, 0.05) is 21.6 Å². The third-order valence-corrected chi connectivity index (χ3v) is 4.77. The van der Waals surface area contributed by atoms with Crippen molar-refractivity contribution < 1.29 is 8.42 Å². The fourth-order valence-corrected chi connectivity index (χ4v) is 3.57. The molecule has 2 aromatic carbocycles. The Labute approximate surface area is 125 Å². The first kappa shape index (κ1) is 13.2. The van der Waals surface area contributed by atoms with Gasteiger partial charge < -0.3 is 4.98 Å². The van der Waals surface area contributed by atoms with E-state index >= 15 is 0 Å². The molecule has 0 saturated carbocycles. The second-order valence-electron chi connectivity index (χ2n) is 4.31. The van der Waals surface area contributed by atoms with Crippen molar-refractivity contribution in [2.75, 3.05) is 4.72 Å². The molecule has 3 aromatic rings. The number of aromatic nitrogens is 1. The number of aromatic amines is 1. The molecule has 0 radical (unpaired) electrons. The number of fused-ring (bicyclic) bond motifs is 1. The second kappa shape index (κ2) is 4.96. The van der Waals surface area contributed by atoms with Crippen LogP contribution < -0.4 is 4.72 Å². The molecule has 0 atom stereocenters. The van der Waals surface area contributed by atoms with E-state index in [1.807, 2.05) is 12.1 Å². The first-order valence-corrected chi connectivity index (χ1v) is 8.18. The predicted molar refractivity (Wildman–Crippen MR) is 83.2 cm³/mol. The monoisotopic (exact) mass is 350 g/mol. The molecule has 0 aliphatic carbocycles. The van der Waals surface area contributed by atoms with Gasteiger partial charge in [-0.15, -0.1) is 0 Å². The summed E-state index contributed by atoms with van der Waals surface area (Å²) in [4.78, 5) is 3.30. The third kappa shape index (κ3) is 2.44. The highest BCUT2D eigenvalue weighted by molar-refractivity contribution is 9.10. The maximum absolute atomic E-state index is 12.3. The zero-order valence-corrected chi connectivity index (χ0v) is 12.7. The van der Waals surface area contributed by atoms with Crippen LogP contribution >= 0.6 is 15.9 Å². The van der Waals surface area contributed by atoms with E-state index in [-0.39, 0.29) is 4.90 Å². The van der Waals surface area contributed by atoms with Crippen molar-refractivity contribution >= 4 is 42.5 Å². The van der Waals surface area contributed by atoms with Crippen LogP contribution in [0.4, 0.5) is 5.69 Å². The lowest BCUT2D eigenvalue weighted by Gasteiger charge is -2.09. The van der Waals surface area contributed by atoms with Gasteiger partial charge in [0.2, 0.25) is 0 Å². The number of anilines is 1. The molecule has 0 aliphatic heterocycles. The van der Waals surface area contributed by atoms with E-state index in [0.717, 1.165) is 15.4 Å². The number of sulfonamides is 1. The number of benzene rings is 2. The number of halogens is 1. The van der Waals surface area contributed by atoms with E-state index < -0.39 is 10.0 Å². The minimum Gasteiger partial charge on any atom is -0.361 e. The van der Waals surface area contributed by atoms with E-state index in [9.17, 15) is 8.42 Å². The van der Waals surface area contributed by atoms with Gasteiger partial charge in [-0.2, -0.15) is 0 Å². The molecular formula is C14H11BrN2O2S. The van der Waals surface area contributed by atoms with E-state index in [4.69, 9.17) is 0 Å². The van der Waals surface area contributed by atoms with Crippen molar-refractivity contribution in [2.45, 2.75) is 4.90 Å². The molecule has 0 spiro atoms. The molecular weight excluding hydrogens is 340 g/mol. The SMILES string of the molecule is O=S(=O)(Nc1cc(Br)cc2[nH]ccc12)c1ccccc1. The van der Waals surface area contributed by atoms with Crippen molar-refractivity contribution in [1.82, 2.24) is 4.98 Å². The average Bonchev–Trinajstić information content (AvgIpc) is 2.87. The molecule has 1 aromatic heterocycles. The van der Waals surface area contributed by atoms with Gasteiger partial charge in [-0.3, -0.25) is 4.72 Å². The van der Waals surface area contributed by atoms with Crippen LogP contribution in [-0.2, 0) is 10.0 Å². The molecule has 1 heterocycles. The maximum Gasteiger partial charge on any atom is 0.261 e. The first-order valence-electron chi connectivity index (χ1n) is 5.91. The summed E-state index contributed by atoms with van der Waals surface area (Å²) in [5.41, 5.74) is 1.41. The van der Waals surface area contributed by atoms with Gasteiger partial charge >= 0.3 is 0 Å². The highest BCUT2D eigenvalue weighted by Crippen LogP contribution is 2.29. The lowest BCUT2D eigenvalue weighted by atomic mass is 10.2. The average molecular weight is 351 g/mol. The van der Waals surface area contributed by atoms with Crippen LogP contribution in [0.2, 0.25) is 0 Å². The molecule has 3 rings (SSSR count). The quantitative estimate of drug-likeness (QED) is 0.755. The van der Waals surface area contributed by atoms with E-state index in [1.54, 1.807) is 42.6 Å². The van der Waals surface area contributed by atoms with Gasteiger partial charge in [-0.05, 0) is 30.3 Å². The summed E-state index contributed by atoms with van der Waals surface area (Å²) >= 11 is 3.38. The van der Waals surface area contributed by atoms with Crippen LogP contribution in [0.5, 0.6) is 0 Å². The summed E-state index contributed by atoms with van der Waals surface area (Å²) < 4.78 is 28.1. The predicted octanol–water partition coefficient (Wildman–Crippen LogP) is 3.73. The minimum absolute atomic E-state index is 0.240. The number of nitrogens with one attached hydrogen (secondary N) is 2. The number of hydrogen-bond donors (Lipinski definition) is 2. The Morgan fingerprint density at radius 2 is 1.80 bits per heavy atom. The van der Waals surface area contributed by atoms with Crippen LogP contribution in [0.25, 0.3) is 10.9 Å². The minimum atomic E-state index is -3.58. The Morgan fingerprint density at radius 1 is 1.05 bits per heavy atom. The van der Waals surface area contributed by atoms with Crippen molar-refractivity contribution in [1.29, 1.82) is 0 Å². The molecule has 6 heteroatoms. The number of rotatable bonds is 3. The Kier molecular flexibility index (Phi) is 3.27. The molecule has 0 fully saturated rings. The standard InChI is InChI=1S/C14H11BrN2O2S/c15-10-8-13-12(6-7-16-13)14(9-10)17-20(18,19)11-4-2-1-3-5-11/h1-9,16-17H. The molecule has 102 valence electrons.